The molecule has 0 aromatic heterocycles. The van der Waals surface area contributed by atoms with E-state index in [-0.39, 0.29) is 12.4 Å². The molecule has 1 fully saturated rings. The van der Waals surface area contributed by atoms with Crippen LogP contribution in [0.3, 0.4) is 0 Å². The monoisotopic (exact) mass is 213 g/mol. The maximum absolute atomic E-state index is 11.5. The minimum atomic E-state index is -0.974. The normalized spacial score (nSPS) is 29.5. The summed E-state index contributed by atoms with van der Waals surface area (Å²) in [7, 11) is 3.33. The number of carbonyl (C=O) groups excluding carboxylic acids is 1. The molecule has 1 rings (SSSR count). The summed E-state index contributed by atoms with van der Waals surface area (Å²) in [5, 5.41) is 9.81. The van der Waals surface area contributed by atoms with Gasteiger partial charge in [-0.05, 0) is 0 Å². The van der Waals surface area contributed by atoms with Crippen molar-refractivity contribution in [2.75, 3.05) is 6.61 Å². The first kappa shape index (κ1) is 12.5. The quantitative estimate of drug-likeness (QED) is 0.644. The topological polar surface area (TPSA) is 68.1 Å². The van der Waals surface area contributed by atoms with Crippen LogP contribution in [0.4, 0.5) is 0 Å². The van der Waals surface area contributed by atoms with Gasteiger partial charge in [0.1, 0.15) is 0 Å². The number of hydrogen-bond donors (Lipinski definition) is 1. The van der Waals surface area contributed by atoms with Gasteiger partial charge in [-0.25, -0.2) is 0 Å². The second kappa shape index (κ2) is 4.51. The van der Waals surface area contributed by atoms with E-state index in [1.54, 1.807) is 20.8 Å². The van der Waals surface area contributed by atoms with Gasteiger partial charge in [-0.15, -0.1) is 0 Å². The molecule has 1 N–H and O–H groups in total. The molecule has 15 heavy (non-hydrogen) atoms. The molecular formula is C9H16BNO4. The van der Waals surface area contributed by atoms with Crippen LogP contribution < -0.4 is 0 Å². The van der Waals surface area contributed by atoms with Crippen molar-refractivity contribution in [1.29, 1.82) is 0 Å². The summed E-state index contributed by atoms with van der Waals surface area (Å²) in [6.07, 6.45) is -1.85. The van der Waals surface area contributed by atoms with E-state index in [0.717, 1.165) is 0 Å². The number of Topliss-reactive ketones (excluding diaryl/α,β-unsaturated/α-hetero) is 1. The number of ketones is 1. The second-order valence-electron chi connectivity index (χ2n) is 4.11. The maximum atomic E-state index is 11.5. The Labute approximate surface area is 89.9 Å². The third kappa shape index (κ3) is 2.93. The molecule has 0 amide bonds. The molecule has 0 radical (unpaired) electrons. The molecule has 6 heteroatoms. The van der Waals surface area contributed by atoms with Gasteiger partial charge >= 0.3 is 89.1 Å². The molecule has 1 saturated heterocycles. The molecule has 0 aromatic carbocycles. The number of nitrogens with zero attached hydrogens (tertiary/aromatic N) is 1. The fourth-order valence-corrected chi connectivity index (χ4v) is 1.35. The Kier molecular flexibility index (Phi) is 3.75. The van der Waals surface area contributed by atoms with Crippen molar-refractivity contribution in [3.8, 4) is 0 Å². The van der Waals surface area contributed by atoms with Gasteiger partial charge in [0.25, 0.3) is 0 Å². The predicted molar refractivity (Wildman–Crippen MR) is 55.0 cm³/mol. The second-order valence-corrected chi connectivity index (χ2v) is 4.11. The van der Waals surface area contributed by atoms with Crippen LogP contribution in [0, 0.1) is 0 Å². The Morgan fingerprint density at radius 2 is 2.27 bits per heavy atom. The van der Waals surface area contributed by atoms with Crippen LogP contribution in [-0.4, -0.2) is 49.2 Å². The molecule has 0 saturated carbocycles. The Morgan fingerprint density at radius 3 is 2.80 bits per heavy atom. The molecule has 0 aliphatic carbocycles. The van der Waals surface area contributed by atoms with Crippen molar-refractivity contribution in [3.63, 3.8) is 0 Å². The first-order valence-corrected chi connectivity index (χ1v) is 4.86. The predicted octanol–water partition coefficient (Wildman–Crippen LogP) is -0.459. The van der Waals surface area contributed by atoms with Crippen LogP contribution in [0.25, 0.3) is 0 Å². The Morgan fingerprint density at radius 1 is 1.67 bits per heavy atom. The summed E-state index contributed by atoms with van der Waals surface area (Å²) in [5.41, 5.74) is 0. The van der Waals surface area contributed by atoms with E-state index < -0.39 is 24.0 Å². The van der Waals surface area contributed by atoms with Crippen molar-refractivity contribution < 1.29 is 19.4 Å². The number of aliphatic hydroxyl groups is 1. The van der Waals surface area contributed by atoms with Crippen LogP contribution in [0.2, 0.25) is 0 Å². The van der Waals surface area contributed by atoms with Gasteiger partial charge < -0.3 is 0 Å². The van der Waals surface area contributed by atoms with E-state index in [4.69, 9.17) is 9.47 Å². The van der Waals surface area contributed by atoms with E-state index in [2.05, 4.69) is 12.5 Å². The van der Waals surface area contributed by atoms with Crippen LogP contribution in [-0.2, 0) is 14.3 Å². The Balaban J connectivity index is 2.74. The summed E-state index contributed by atoms with van der Waals surface area (Å²) < 4.78 is 10.5. The molecule has 0 bridgehead atoms. The van der Waals surface area contributed by atoms with Crippen LogP contribution in [0.5, 0.6) is 0 Å². The van der Waals surface area contributed by atoms with E-state index in [0.29, 0.717) is 0 Å². The van der Waals surface area contributed by atoms with Gasteiger partial charge in [-0.1, -0.05) is 0 Å². The molecule has 0 spiro atoms. The summed E-state index contributed by atoms with van der Waals surface area (Å²) in [6.45, 7) is 5.03. The SMILES string of the molecule is B=N[C@H](C)[C@H](O)[C@@H]1OC(C)(C)OCC1=O. The molecular weight excluding hydrogens is 197 g/mol. The van der Waals surface area contributed by atoms with Crippen molar-refractivity contribution in [2.45, 2.75) is 44.8 Å². The first-order chi connectivity index (χ1) is 6.87. The zero-order valence-electron chi connectivity index (χ0n) is 9.27. The fourth-order valence-electron chi connectivity index (χ4n) is 1.35. The number of carbonyl (C=O) groups is 1. The third-order valence-corrected chi connectivity index (χ3v) is 2.38. The molecule has 0 unspecified atom stereocenters. The summed E-state index contributed by atoms with van der Waals surface area (Å²) in [6, 6.07) is -0.437. The standard InChI is InChI=1S/C9H16BNO4/c1-5(11-10)7(13)8-6(12)4-14-9(2,3)15-8/h5,7-8,10,13H,4H2,1-3H3/t5-,7+,8-/m1/s1. The van der Waals surface area contributed by atoms with Crippen molar-refractivity contribution in [2.24, 2.45) is 4.90 Å². The number of hydrogen-bond acceptors (Lipinski definition) is 5. The minimum absolute atomic E-state index is 0.0431. The summed E-state index contributed by atoms with van der Waals surface area (Å²) >= 11 is 0. The summed E-state index contributed by atoms with van der Waals surface area (Å²) in [4.78, 5) is 15.1. The van der Waals surface area contributed by atoms with E-state index in [9.17, 15) is 9.90 Å². The Hall–Kier alpha value is -0.585. The van der Waals surface area contributed by atoms with E-state index >= 15 is 0 Å². The average molecular weight is 213 g/mol. The number of aliphatic hydroxyl groups excluding tert-OH is 1. The molecule has 1 aliphatic heterocycles. The molecule has 5 nitrogen and oxygen atoms in total. The van der Waals surface area contributed by atoms with Gasteiger partial charge in [0.15, 0.2) is 0 Å². The van der Waals surface area contributed by atoms with Crippen molar-refractivity contribution >= 4 is 13.4 Å². The van der Waals surface area contributed by atoms with Gasteiger partial charge in [-0.3, -0.25) is 0 Å². The average Bonchev–Trinajstić information content (AvgIpc) is 2.19. The van der Waals surface area contributed by atoms with Crippen molar-refractivity contribution in [1.82, 2.24) is 0 Å². The van der Waals surface area contributed by atoms with E-state index in [1.807, 2.05) is 0 Å². The van der Waals surface area contributed by atoms with Gasteiger partial charge in [0.05, 0.1) is 0 Å². The van der Waals surface area contributed by atoms with Gasteiger partial charge in [-0.2, -0.15) is 0 Å². The first-order valence-electron chi connectivity index (χ1n) is 4.86. The summed E-state index contributed by atoms with van der Waals surface area (Å²) in [5.74, 6) is -1.11. The van der Waals surface area contributed by atoms with Gasteiger partial charge in [0.2, 0.25) is 0 Å². The zero-order chi connectivity index (χ0) is 11.6. The van der Waals surface area contributed by atoms with Crippen LogP contribution in [0.15, 0.2) is 4.90 Å². The molecule has 3 atom stereocenters. The molecule has 1 aliphatic rings. The van der Waals surface area contributed by atoms with Crippen LogP contribution >= 0.6 is 0 Å². The van der Waals surface area contributed by atoms with Crippen LogP contribution in [0.1, 0.15) is 20.8 Å². The van der Waals surface area contributed by atoms with E-state index in [1.165, 1.54) is 0 Å². The molecule has 84 valence electrons. The zero-order valence-corrected chi connectivity index (χ0v) is 9.27. The van der Waals surface area contributed by atoms with Crippen molar-refractivity contribution in [3.05, 3.63) is 0 Å². The fraction of sp³-hybridized carbons (Fsp3) is 0.889. The number of rotatable bonds is 3. The third-order valence-electron chi connectivity index (χ3n) is 2.38. The number of ether oxygens (including phenoxy) is 2. The molecule has 0 aromatic rings. The Bertz CT molecular complexity index is 269. The van der Waals surface area contributed by atoms with Gasteiger partial charge in [0, 0.05) is 0 Å². The molecule has 1 heterocycles.